The zero-order chi connectivity index (χ0) is 10.8. The first-order valence-corrected chi connectivity index (χ1v) is 5.75. The quantitative estimate of drug-likeness (QED) is 0.749. The van der Waals surface area contributed by atoms with Gasteiger partial charge in [-0.25, -0.2) is 0 Å². The molecule has 0 aliphatic carbocycles. The van der Waals surface area contributed by atoms with E-state index in [2.05, 4.69) is 17.1 Å². The molecule has 5 heteroatoms. The SMILES string of the molecule is CCC1OCCC1c1nnc(C(C)Cl)o1. The summed E-state index contributed by atoms with van der Waals surface area (Å²) in [5.74, 6) is 1.40. The fourth-order valence-corrected chi connectivity index (χ4v) is 1.98. The highest BCUT2D eigenvalue weighted by atomic mass is 35.5. The highest BCUT2D eigenvalue weighted by Gasteiger charge is 2.32. The van der Waals surface area contributed by atoms with E-state index in [1.165, 1.54) is 0 Å². The Hall–Kier alpha value is -0.610. The summed E-state index contributed by atoms with van der Waals surface area (Å²) in [5, 5.41) is 7.73. The number of alkyl halides is 1. The Morgan fingerprint density at radius 2 is 2.33 bits per heavy atom. The van der Waals surface area contributed by atoms with Gasteiger partial charge in [-0.15, -0.1) is 21.8 Å². The van der Waals surface area contributed by atoms with Crippen LogP contribution in [0.5, 0.6) is 0 Å². The second-order valence-electron chi connectivity index (χ2n) is 3.81. The Labute approximate surface area is 94.0 Å². The molecule has 2 heterocycles. The van der Waals surface area contributed by atoms with Crippen LogP contribution in [0.25, 0.3) is 0 Å². The maximum absolute atomic E-state index is 5.87. The second kappa shape index (κ2) is 4.49. The molecule has 3 unspecified atom stereocenters. The third kappa shape index (κ3) is 2.16. The van der Waals surface area contributed by atoms with Crippen LogP contribution in [0.4, 0.5) is 0 Å². The number of rotatable bonds is 3. The van der Waals surface area contributed by atoms with E-state index in [9.17, 15) is 0 Å². The van der Waals surface area contributed by atoms with Gasteiger partial charge in [-0.2, -0.15) is 0 Å². The molecule has 0 spiro atoms. The predicted octanol–water partition coefficient (Wildman–Crippen LogP) is 2.65. The molecule has 2 rings (SSSR count). The lowest BCUT2D eigenvalue weighted by molar-refractivity contribution is 0.0963. The molecule has 0 aromatic carbocycles. The largest absolute Gasteiger partial charge is 0.423 e. The lowest BCUT2D eigenvalue weighted by atomic mass is 10.00. The van der Waals surface area contributed by atoms with E-state index in [0.29, 0.717) is 11.8 Å². The molecule has 4 nitrogen and oxygen atoms in total. The molecule has 1 saturated heterocycles. The molecule has 3 atom stereocenters. The van der Waals surface area contributed by atoms with Gasteiger partial charge in [0.05, 0.1) is 12.0 Å². The van der Waals surface area contributed by atoms with Crippen LogP contribution in [0, 0.1) is 0 Å². The van der Waals surface area contributed by atoms with Gasteiger partial charge in [-0.05, 0) is 19.8 Å². The molecule has 0 radical (unpaired) electrons. The van der Waals surface area contributed by atoms with E-state index < -0.39 is 0 Å². The van der Waals surface area contributed by atoms with Crippen molar-refractivity contribution in [1.29, 1.82) is 0 Å². The summed E-state index contributed by atoms with van der Waals surface area (Å²) in [7, 11) is 0. The monoisotopic (exact) mass is 230 g/mol. The Kier molecular flexibility index (Phi) is 3.26. The summed E-state index contributed by atoms with van der Waals surface area (Å²) in [6, 6.07) is 0. The van der Waals surface area contributed by atoms with Crippen molar-refractivity contribution >= 4 is 11.6 Å². The van der Waals surface area contributed by atoms with E-state index in [-0.39, 0.29) is 17.4 Å². The maximum Gasteiger partial charge on any atom is 0.234 e. The average Bonchev–Trinajstić information content (AvgIpc) is 2.85. The molecule has 1 aliphatic rings. The van der Waals surface area contributed by atoms with Gasteiger partial charge in [-0.3, -0.25) is 0 Å². The van der Waals surface area contributed by atoms with E-state index in [1.54, 1.807) is 0 Å². The Bertz CT molecular complexity index is 327. The highest BCUT2D eigenvalue weighted by Crippen LogP contribution is 2.33. The summed E-state index contributed by atoms with van der Waals surface area (Å²) in [4.78, 5) is 0. The lowest BCUT2D eigenvalue weighted by Gasteiger charge is -2.12. The molecular weight excluding hydrogens is 216 g/mol. The molecular formula is C10H15ClN2O2. The molecule has 1 aromatic heterocycles. The normalized spacial score (nSPS) is 28.2. The van der Waals surface area contributed by atoms with Crippen LogP contribution in [-0.4, -0.2) is 22.9 Å². The van der Waals surface area contributed by atoms with Crippen LogP contribution >= 0.6 is 11.6 Å². The van der Waals surface area contributed by atoms with E-state index in [0.717, 1.165) is 19.4 Å². The van der Waals surface area contributed by atoms with Gasteiger partial charge < -0.3 is 9.15 Å². The first-order valence-electron chi connectivity index (χ1n) is 5.31. The molecule has 1 fully saturated rings. The number of hydrogen-bond acceptors (Lipinski definition) is 4. The van der Waals surface area contributed by atoms with Gasteiger partial charge >= 0.3 is 0 Å². The van der Waals surface area contributed by atoms with Crippen molar-refractivity contribution in [2.24, 2.45) is 0 Å². The van der Waals surface area contributed by atoms with Crippen LogP contribution in [-0.2, 0) is 4.74 Å². The van der Waals surface area contributed by atoms with E-state index in [1.807, 2.05) is 6.92 Å². The van der Waals surface area contributed by atoms with Crippen molar-refractivity contribution in [3.63, 3.8) is 0 Å². The Morgan fingerprint density at radius 1 is 1.53 bits per heavy atom. The van der Waals surface area contributed by atoms with Crippen molar-refractivity contribution in [2.75, 3.05) is 6.61 Å². The Balaban J connectivity index is 2.14. The molecule has 1 aromatic rings. The van der Waals surface area contributed by atoms with Crippen LogP contribution in [0.1, 0.15) is 49.8 Å². The van der Waals surface area contributed by atoms with Gasteiger partial charge in [0, 0.05) is 6.61 Å². The van der Waals surface area contributed by atoms with Crippen molar-refractivity contribution in [3.8, 4) is 0 Å². The smallest absolute Gasteiger partial charge is 0.234 e. The second-order valence-corrected chi connectivity index (χ2v) is 4.46. The van der Waals surface area contributed by atoms with Crippen molar-refractivity contribution in [2.45, 2.75) is 44.1 Å². The zero-order valence-electron chi connectivity index (χ0n) is 8.94. The fraction of sp³-hybridized carbons (Fsp3) is 0.800. The number of nitrogens with zero attached hydrogens (tertiary/aromatic N) is 2. The molecule has 15 heavy (non-hydrogen) atoms. The minimum absolute atomic E-state index is 0.212. The third-order valence-electron chi connectivity index (χ3n) is 2.73. The first kappa shape index (κ1) is 10.9. The number of ether oxygens (including phenoxy) is 1. The number of aromatic nitrogens is 2. The van der Waals surface area contributed by atoms with Crippen molar-refractivity contribution < 1.29 is 9.15 Å². The summed E-state index contributed by atoms with van der Waals surface area (Å²) >= 11 is 5.87. The summed E-state index contributed by atoms with van der Waals surface area (Å²) in [6.07, 6.45) is 2.14. The highest BCUT2D eigenvalue weighted by molar-refractivity contribution is 6.20. The maximum atomic E-state index is 5.87. The first-order chi connectivity index (χ1) is 7.22. The van der Waals surface area contributed by atoms with Gasteiger partial charge in [0.15, 0.2) is 0 Å². The minimum atomic E-state index is -0.228. The van der Waals surface area contributed by atoms with Crippen LogP contribution in [0.2, 0.25) is 0 Å². The third-order valence-corrected chi connectivity index (χ3v) is 2.91. The molecule has 0 bridgehead atoms. The summed E-state index contributed by atoms with van der Waals surface area (Å²) < 4.78 is 11.1. The summed E-state index contributed by atoms with van der Waals surface area (Å²) in [5.41, 5.74) is 0. The van der Waals surface area contributed by atoms with E-state index in [4.69, 9.17) is 20.8 Å². The van der Waals surface area contributed by atoms with Crippen molar-refractivity contribution in [1.82, 2.24) is 10.2 Å². The topological polar surface area (TPSA) is 48.2 Å². The standard InChI is InChI=1S/C10H15ClN2O2/c1-3-8-7(4-5-14-8)10-13-12-9(15-10)6(2)11/h6-8H,3-5H2,1-2H3. The van der Waals surface area contributed by atoms with Crippen LogP contribution < -0.4 is 0 Å². The molecule has 1 aliphatic heterocycles. The van der Waals surface area contributed by atoms with Crippen LogP contribution in [0.15, 0.2) is 4.42 Å². The molecule has 0 amide bonds. The van der Waals surface area contributed by atoms with Gasteiger partial charge in [0.1, 0.15) is 5.38 Å². The van der Waals surface area contributed by atoms with Gasteiger partial charge in [0.25, 0.3) is 0 Å². The fourth-order valence-electron chi connectivity index (χ4n) is 1.89. The van der Waals surface area contributed by atoms with E-state index >= 15 is 0 Å². The van der Waals surface area contributed by atoms with Crippen molar-refractivity contribution in [3.05, 3.63) is 11.8 Å². The minimum Gasteiger partial charge on any atom is -0.423 e. The lowest BCUT2D eigenvalue weighted by Crippen LogP contribution is -2.13. The van der Waals surface area contributed by atoms with Gasteiger partial charge in [0.2, 0.25) is 11.8 Å². The summed E-state index contributed by atoms with van der Waals surface area (Å²) in [6.45, 7) is 4.70. The Morgan fingerprint density at radius 3 is 2.93 bits per heavy atom. The van der Waals surface area contributed by atoms with Gasteiger partial charge in [-0.1, -0.05) is 6.92 Å². The molecule has 0 N–H and O–H groups in total. The zero-order valence-corrected chi connectivity index (χ0v) is 9.70. The predicted molar refractivity (Wildman–Crippen MR) is 56.0 cm³/mol. The van der Waals surface area contributed by atoms with Crippen LogP contribution in [0.3, 0.4) is 0 Å². The average molecular weight is 231 g/mol. The number of halogens is 1. The number of hydrogen-bond donors (Lipinski definition) is 0. The molecule has 84 valence electrons. The molecule has 0 saturated carbocycles.